The van der Waals surface area contributed by atoms with E-state index in [1.165, 1.54) is 36.0 Å². The maximum atomic E-state index is 13.3. The molecule has 0 aliphatic heterocycles. The van der Waals surface area contributed by atoms with Gasteiger partial charge in [0.05, 0.1) is 11.9 Å². The van der Waals surface area contributed by atoms with Crippen LogP contribution in [0, 0.1) is 11.6 Å². The average molecular weight is 573 g/mol. The molecule has 1 N–H and O–H groups in total. The van der Waals surface area contributed by atoms with Crippen LogP contribution in [0.2, 0.25) is 0 Å². The number of amides is 1. The number of carbonyl (C=O) groups excluding carboxylic acids is 1. The minimum absolute atomic E-state index is 0.0554. The van der Waals surface area contributed by atoms with Crippen LogP contribution in [-0.2, 0) is 37.1 Å². The van der Waals surface area contributed by atoms with E-state index in [1.807, 2.05) is 18.3 Å². The molecular formula is C30H26F2N6O2S. The van der Waals surface area contributed by atoms with Gasteiger partial charge in [-0.15, -0.1) is 0 Å². The minimum Gasteiger partial charge on any atom is -0.350 e. The molecule has 208 valence electrons. The van der Waals surface area contributed by atoms with Crippen LogP contribution in [0.5, 0.6) is 0 Å². The van der Waals surface area contributed by atoms with Crippen LogP contribution in [0.25, 0.3) is 11.3 Å². The van der Waals surface area contributed by atoms with Crippen molar-refractivity contribution in [3.05, 3.63) is 130 Å². The third-order valence-electron chi connectivity index (χ3n) is 6.23. The summed E-state index contributed by atoms with van der Waals surface area (Å²) in [6.07, 6.45) is 7.16. The third-order valence-corrected chi connectivity index (χ3v) is 7.29. The van der Waals surface area contributed by atoms with Crippen LogP contribution in [0.4, 0.5) is 8.78 Å². The molecule has 3 heterocycles. The largest absolute Gasteiger partial charge is 0.350 e. The summed E-state index contributed by atoms with van der Waals surface area (Å²) in [6.45, 7) is 0.198. The van der Waals surface area contributed by atoms with Gasteiger partial charge in [-0.3, -0.25) is 19.3 Å². The van der Waals surface area contributed by atoms with E-state index in [2.05, 4.69) is 20.4 Å². The smallest absolute Gasteiger partial charge is 0.277 e. The number of carbonyl (C=O) groups is 1. The lowest BCUT2D eigenvalue weighted by atomic mass is 10.1. The Bertz CT molecular complexity index is 1700. The standard InChI is InChI=1S/C30H26F2N6O2S/c1-37-16-22(15-35-37)12-24-17-38(30(36-29(24)40)41-19-20-2-7-25(31)8-3-20)18-28(39)34-14-21-4-11-27(33-13-21)23-5-9-26(32)10-6-23/h2-11,13,15-17H,12,14,18-19H2,1H3,(H,34,39). The van der Waals surface area contributed by atoms with Crippen LogP contribution in [-0.4, -0.2) is 30.2 Å². The molecule has 5 rings (SSSR count). The van der Waals surface area contributed by atoms with E-state index in [1.54, 1.807) is 59.2 Å². The lowest BCUT2D eigenvalue weighted by molar-refractivity contribution is -0.122. The zero-order valence-electron chi connectivity index (χ0n) is 22.1. The number of aromatic nitrogens is 5. The van der Waals surface area contributed by atoms with Crippen molar-refractivity contribution in [2.24, 2.45) is 7.05 Å². The van der Waals surface area contributed by atoms with Crippen molar-refractivity contribution in [3.8, 4) is 11.3 Å². The number of nitrogens with one attached hydrogen (secondary N) is 1. The maximum absolute atomic E-state index is 13.3. The molecule has 2 aromatic carbocycles. The molecule has 5 aromatic rings. The van der Waals surface area contributed by atoms with Crippen molar-refractivity contribution in [2.45, 2.75) is 30.4 Å². The van der Waals surface area contributed by atoms with Crippen LogP contribution in [0.1, 0.15) is 22.3 Å². The molecule has 11 heteroatoms. The van der Waals surface area contributed by atoms with Crippen molar-refractivity contribution in [2.75, 3.05) is 0 Å². The van der Waals surface area contributed by atoms with Gasteiger partial charge in [-0.05, 0) is 59.2 Å². The fraction of sp³-hybridized carbons (Fsp3) is 0.167. The summed E-state index contributed by atoms with van der Waals surface area (Å²) >= 11 is 1.30. The summed E-state index contributed by atoms with van der Waals surface area (Å²) in [7, 11) is 1.80. The number of halogens is 2. The van der Waals surface area contributed by atoms with Crippen LogP contribution >= 0.6 is 11.8 Å². The van der Waals surface area contributed by atoms with Crippen LogP contribution in [0.15, 0.2) is 95.4 Å². The summed E-state index contributed by atoms with van der Waals surface area (Å²) in [4.78, 5) is 34.5. The number of hydrogen-bond donors (Lipinski definition) is 1. The molecule has 1 amide bonds. The molecular weight excluding hydrogens is 546 g/mol. The van der Waals surface area contributed by atoms with Crippen molar-refractivity contribution in [1.82, 2.24) is 29.6 Å². The molecule has 0 fully saturated rings. The van der Waals surface area contributed by atoms with E-state index < -0.39 is 0 Å². The van der Waals surface area contributed by atoms with E-state index >= 15 is 0 Å². The van der Waals surface area contributed by atoms with Gasteiger partial charge in [-0.1, -0.05) is 30.0 Å². The van der Waals surface area contributed by atoms with Crippen molar-refractivity contribution in [1.29, 1.82) is 0 Å². The van der Waals surface area contributed by atoms with Crippen molar-refractivity contribution in [3.63, 3.8) is 0 Å². The molecule has 0 unspecified atom stereocenters. The van der Waals surface area contributed by atoms with Gasteiger partial charge in [0.1, 0.15) is 18.2 Å². The minimum atomic E-state index is -0.376. The van der Waals surface area contributed by atoms with Crippen molar-refractivity contribution >= 4 is 17.7 Å². The average Bonchev–Trinajstić information content (AvgIpc) is 3.38. The summed E-state index contributed by atoms with van der Waals surface area (Å²) in [6, 6.07) is 15.8. The SMILES string of the molecule is Cn1cc(Cc2cn(CC(=O)NCc3ccc(-c4ccc(F)cc4)nc3)c(SCc3ccc(F)cc3)nc2=O)cn1. The molecule has 0 radical (unpaired) electrons. The predicted octanol–water partition coefficient (Wildman–Crippen LogP) is 4.52. The third kappa shape index (κ3) is 7.52. The Morgan fingerprint density at radius 1 is 0.902 bits per heavy atom. The first-order valence-corrected chi connectivity index (χ1v) is 13.7. The topological polar surface area (TPSA) is 94.7 Å². The Balaban J connectivity index is 1.29. The number of nitrogens with zero attached hydrogens (tertiary/aromatic N) is 5. The highest BCUT2D eigenvalue weighted by Gasteiger charge is 2.14. The Labute approximate surface area is 239 Å². The normalized spacial score (nSPS) is 11.0. The molecule has 0 bridgehead atoms. The van der Waals surface area contributed by atoms with E-state index in [9.17, 15) is 18.4 Å². The molecule has 41 heavy (non-hydrogen) atoms. The summed E-state index contributed by atoms with van der Waals surface area (Å²) < 4.78 is 29.8. The Morgan fingerprint density at radius 2 is 1.61 bits per heavy atom. The van der Waals surface area contributed by atoms with Crippen LogP contribution < -0.4 is 10.9 Å². The van der Waals surface area contributed by atoms with Gasteiger partial charge in [0.2, 0.25) is 5.91 Å². The number of thioether (sulfide) groups is 1. The summed E-state index contributed by atoms with van der Waals surface area (Å²) in [5.41, 5.74) is 4.06. The molecule has 3 aromatic heterocycles. The highest BCUT2D eigenvalue weighted by atomic mass is 32.2. The molecule has 0 aliphatic rings. The van der Waals surface area contributed by atoms with E-state index in [4.69, 9.17) is 0 Å². The number of pyridine rings is 1. The highest BCUT2D eigenvalue weighted by molar-refractivity contribution is 7.98. The second-order valence-corrected chi connectivity index (χ2v) is 10.4. The monoisotopic (exact) mass is 572 g/mol. The summed E-state index contributed by atoms with van der Waals surface area (Å²) in [5, 5.41) is 7.42. The first-order chi connectivity index (χ1) is 19.8. The van der Waals surface area contributed by atoms with E-state index in [0.29, 0.717) is 28.6 Å². The molecule has 8 nitrogen and oxygen atoms in total. The van der Waals surface area contributed by atoms with Gasteiger partial charge < -0.3 is 9.88 Å². The molecule has 0 saturated carbocycles. The zero-order chi connectivity index (χ0) is 28.8. The highest BCUT2D eigenvalue weighted by Crippen LogP contribution is 2.21. The Kier molecular flexibility index (Phi) is 8.64. The molecule has 0 aliphatic carbocycles. The number of benzene rings is 2. The van der Waals surface area contributed by atoms with Crippen LogP contribution in [0.3, 0.4) is 0 Å². The quantitative estimate of drug-likeness (QED) is 0.195. The molecule has 0 spiro atoms. The number of aryl methyl sites for hydroxylation is 1. The maximum Gasteiger partial charge on any atom is 0.277 e. The molecule has 0 atom stereocenters. The summed E-state index contributed by atoms with van der Waals surface area (Å²) in [5.74, 6) is -0.464. The van der Waals surface area contributed by atoms with E-state index in [0.717, 1.165) is 22.3 Å². The van der Waals surface area contributed by atoms with Gasteiger partial charge in [-0.25, -0.2) is 8.78 Å². The fourth-order valence-corrected chi connectivity index (χ4v) is 5.03. The zero-order valence-corrected chi connectivity index (χ0v) is 22.9. The van der Waals surface area contributed by atoms with Crippen molar-refractivity contribution < 1.29 is 13.6 Å². The van der Waals surface area contributed by atoms with Gasteiger partial charge in [-0.2, -0.15) is 10.1 Å². The first kappa shape index (κ1) is 27.9. The van der Waals surface area contributed by atoms with Gasteiger partial charge in [0.15, 0.2) is 5.16 Å². The molecule has 0 saturated heterocycles. The van der Waals surface area contributed by atoms with Gasteiger partial charge >= 0.3 is 0 Å². The Morgan fingerprint density at radius 3 is 2.27 bits per heavy atom. The number of rotatable bonds is 10. The number of hydrogen-bond acceptors (Lipinski definition) is 6. The lowest BCUT2D eigenvalue weighted by Gasteiger charge is -2.14. The van der Waals surface area contributed by atoms with Gasteiger partial charge in [0.25, 0.3) is 5.56 Å². The fourth-order valence-electron chi connectivity index (χ4n) is 4.11. The second kappa shape index (κ2) is 12.7. The first-order valence-electron chi connectivity index (χ1n) is 12.7. The van der Waals surface area contributed by atoms with E-state index in [-0.39, 0.29) is 36.2 Å². The lowest BCUT2D eigenvalue weighted by Crippen LogP contribution is -2.29. The second-order valence-electron chi connectivity index (χ2n) is 9.43. The van der Waals surface area contributed by atoms with Gasteiger partial charge in [0, 0.05) is 55.5 Å². The Hall–Kier alpha value is -4.64. The predicted molar refractivity (Wildman–Crippen MR) is 152 cm³/mol.